The summed E-state index contributed by atoms with van der Waals surface area (Å²) in [6.07, 6.45) is 19.1. The summed E-state index contributed by atoms with van der Waals surface area (Å²) in [5, 5.41) is 0. The Morgan fingerprint density at radius 1 is 1.00 bits per heavy atom. The number of fused-ring (bicyclic) bond motifs is 5. The number of allylic oxidation sites excluding steroid dienone is 6. The molecule has 8 atom stereocenters. The van der Waals surface area contributed by atoms with E-state index in [1.54, 1.807) is 0 Å². The summed E-state index contributed by atoms with van der Waals surface area (Å²) in [5.74, 6) is 5.46. The molecule has 0 spiro atoms. The Balaban J connectivity index is 1.57. The molecule has 160 valence electrons. The van der Waals surface area contributed by atoms with Crippen molar-refractivity contribution in [1.82, 2.24) is 0 Å². The number of rotatable bonds is 4. The van der Waals surface area contributed by atoms with Gasteiger partial charge in [0.25, 0.3) is 0 Å². The molecule has 0 heterocycles. The monoisotopic (exact) mass is 394 g/mol. The van der Waals surface area contributed by atoms with Crippen LogP contribution in [0, 0.1) is 52.3 Å². The molecular formula is C28H42O. The first-order chi connectivity index (χ1) is 13.7. The Morgan fingerprint density at radius 2 is 1.76 bits per heavy atom. The van der Waals surface area contributed by atoms with Crippen LogP contribution in [0.1, 0.15) is 80.1 Å². The van der Waals surface area contributed by atoms with Gasteiger partial charge in [-0.3, -0.25) is 4.79 Å². The average molecular weight is 395 g/mol. The zero-order chi connectivity index (χ0) is 21.0. The van der Waals surface area contributed by atoms with E-state index in [1.807, 2.05) is 6.08 Å². The predicted molar refractivity (Wildman–Crippen MR) is 122 cm³/mol. The van der Waals surface area contributed by atoms with E-state index in [2.05, 4.69) is 65.8 Å². The predicted octanol–water partition coefficient (Wildman–Crippen LogP) is 7.39. The summed E-state index contributed by atoms with van der Waals surface area (Å²) in [6, 6.07) is 0. The third-order valence-corrected chi connectivity index (χ3v) is 9.99. The topological polar surface area (TPSA) is 17.1 Å². The van der Waals surface area contributed by atoms with Gasteiger partial charge >= 0.3 is 0 Å². The van der Waals surface area contributed by atoms with Gasteiger partial charge in [0, 0.05) is 6.42 Å². The number of hydrogen-bond donors (Lipinski definition) is 0. The van der Waals surface area contributed by atoms with Crippen molar-refractivity contribution in [3.8, 4) is 0 Å². The zero-order valence-corrected chi connectivity index (χ0v) is 19.6. The first-order valence-corrected chi connectivity index (χ1v) is 12.3. The van der Waals surface area contributed by atoms with Crippen molar-refractivity contribution in [2.45, 2.75) is 80.1 Å². The van der Waals surface area contributed by atoms with Crippen LogP contribution >= 0.6 is 0 Å². The molecule has 1 heteroatoms. The molecule has 1 nitrogen and oxygen atoms in total. The standard InChI is InChI=1S/C28H42O/c1-18(2)19(3)7-8-20(4)24-11-12-25-23-10-9-21-17-22(29)13-15-27(21,5)26(23)14-16-28(24,25)6/h7-10,17-20,23-26H,11-16H2,1-6H3/t19-,20+,23-,24+,25-,26-,27+,28+/m0/s1. The highest BCUT2D eigenvalue weighted by molar-refractivity contribution is 5.92. The molecule has 0 aromatic heterocycles. The summed E-state index contributed by atoms with van der Waals surface area (Å²) in [7, 11) is 0. The van der Waals surface area contributed by atoms with Crippen molar-refractivity contribution in [2.75, 3.05) is 0 Å². The summed E-state index contributed by atoms with van der Waals surface area (Å²) in [5.41, 5.74) is 2.02. The van der Waals surface area contributed by atoms with Gasteiger partial charge in [-0.05, 0) is 96.0 Å². The normalized spacial score (nSPS) is 43.7. The van der Waals surface area contributed by atoms with Crippen molar-refractivity contribution in [3.63, 3.8) is 0 Å². The van der Waals surface area contributed by atoms with E-state index < -0.39 is 0 Å². The molecular weight excluding hydrogens is 352 g/mol. The molecule has 0 saturated heterocycles. The summed E-state index contributed by atoms with van der Waals surface area (Å²) >= 11 is 0. The Morgan fingerprint density at radius 3 is 2.48 bits per heavy atom. The minimum atomic E-state index is 0.227. The van der Waals surface area contributed by atoms with Crippen molar-refractivity contribution in [1.29, 1.82) is 0 Å². The second-order valence-electron chi connectivity index (χ2n) is 11.7. The third-order valence-electron chi connectivity index (χ3n) is 9.99. The van der Waals surface area contributed by atoms with Crippen LogP contribution in [-0.4, -0.2) is 5.78 Å². The van der Waals surface area contributed by atoms with Gasteiger partial charge in [-0.15, -0.1) is 0 Å². The molecule has 0 aliphatic heterocycles. The molecule has 0 amide bonds. The maximum Gasteiger partial charge on any atom is 0.156 e. The Bertz CT molecular complexity index is 739. The van der Waals surface area contributed by atoms with Crippen LogP contribution < -0.4 is 0 Å². The van der Waals surface area contributed by atoms with Gasteiger partial charge < -0.3 is 0 Å². The second-order valence-corrected chi connectivity index (χ2v) is 11.7. The maximum atomic E-state index is 12.0. The molecule has 0 N–H and O–H groups in total. The van der Waals surface area contributed by atoms with E-state index >= 15 is 0 Å². The molecule has 2 saturated carbocycles. The molecule has 2 fully saturated rings. The SMILES string of the molecule is CC(C)[C@@H](C)C=C[C@@H](C)[C@H]1CC[C@H]2[C@@H]3C=CC4=CC(=O)CC[C@@]4(C)[C@H]3CC[C@]12C. The lowest BCUT2D eigenvalue weighted by Crippen LogP contribution is -2.49. The third kappa shape index (κ3) is 3.41. The minimum Gasteiger partial charge on any atom is -0.295 e. The van der Waals surface area contributed by atoms with E-state index in [-0.39, 0.29) is 5.41 Å². The molecule has 0 radical (unpaired) electrons. The van der Waals surface area contributed by atoms with Crippen LogP contribution in [0.4, 0.5) is 0 Å². The second kappa shape index (κ2) is 7.54. The molecule has 4 rings (SSSR count). The van der Waals surface area contributed by atoms with Gasteiger partial charge in [0.1, 0.15) is 0 Å². The molecule has 0 unspecified atom stereocenters. The summed E-state index contributed by atoms with van der Waals surface area (Å²) < 4.78 is 0. The van der Waals surface area contributed by atoms with E-state index in [0.717, 1.165) is 36.5 Å². The van der Waals surface area contributed by atoms with Gasteiger partial charge in [-0.25, -0.2) is 0 Å². The number of hydrogen-bond acceptors (Lipinski definition) is 1. The average Bonchev–Trinajstić information content (AvgIpc) is 3.03. The van der Waals surface area contributed by atoms with E-state index in [9.17, 15) is 4.79 Å². The fourth-order valence-electron chi connectivity index (χ4n) is 7.61. The van der Waals surface area contributed by atoms with Gasteiger partial charge in [-0.1, -0.05) is 65.8 Å². The molecule has 0 bridgehead atoms. The Labute approximate surface area is 179 Å². The molecule has 0 aromatic rings. The van der Waals surface area contributed by atoms with Gasteiger partial charge in [0.05, 0.1) is 0 Å². The van der Waals surface area contributed by atoms with Crippen molar-refractivity contribution in [3.05, 3.63) is 36.0 Å². The van der Waals surface area contributed by atoms with Gasteiger partial charge in [-0.2, -0.15) is 0 Å². The van der Waals surface area contributed by atoms with E-state index in [1.165, 1.54) is 31.3 Å². The van der Waals surface area contributed by atoms with Crippen molar-refractivity contribution < 1.29 is 4.79 Å². The molecule has 4 aliphatic rings. The Kier molecular flexibility index (Phi) is 5.50. The molecule has 0 aromatic carbocycles. The lowest BCUT2D eigenvalue weighted by Gasteiger charge is -2.56. The van der Waals surface area contributed by atoms with Crippen LogP contribution in [0.5, 0.6) is 0 Å². The zero-order valence-electron chi connectivity index (χ0n) is 19.6. The van der Waals surface area contributed by atoms with Crippen molar-refractivity contribution in [2.24, 2.45) is 52.3 Å². The lowest BCUT2D eigenvalue weighted by molar-refractivity contribution is -0.116. The highest BCUT2D eigenvalue weighted by atomic mass is 16.1. The van der Waals surface area contributed by atoms with Crippen LogP contribution in [0.15, 0.2) is 36.0 Å². The van der Waals surface area contributed by atoms with Gasteiger partial charge in [0.15, 0.2) is 5.78 Å². The van der Waals surface area contributed by atoms with Crippen LogP contribution in [0.2, 0.25) is 0 Å². The molecule has 29 heavy (non-hydrogen) atoms. The maximum absolute atomic E-state index is 12.0. The number of carbonyl (C=O) groups is 1. The largest absolute Gasteiger partial charge is 0.295 e. The fraction of sp³-hybridized carbons (Fsp3) is 0.750. The first-order valence-electron chi connectivity index (χ1n) is 12.3. The summed E-state index contributed by atoms with van der Waals surface area (Å²) in [6.45, 7) is 14.6. The van der Waals surface area contributed by atoms with Gasteiger partial charge in [0.2, 0.25) is 0 Å². The lowest BCUT2D eigenvalue weighted by atomic mass is 9.48. The first kappa shape index (κ1) is 21.1. The smallest absolute Gasteiger partial charge is 0.156 e. The number of carbonyl (C=O) groups excluding carboxylic acids is 1. The highest BCUT2D eigenvalue weighted by Gasteiger charge is 2.58. The van der Waals surface area contributed by atoms with Crippen LogP contribution in [-0.2, 0) is 4.79 Å². The van der Waals surface area contributed by atoms with Crippen molar-refractivity contribution >= 4 is 5.78 Å². The Hall–Kier alpha value is -1.11. The van der Waals surface area contributed by atoms with E-state index in [4.69, 9.17) is 0 Å². The fourth-order valence-corrected chi connectivity index (χ4v) is 7.61. The quantitative estimate of drug-likeness (QED) is 0.454. The summed E-state index contributed by atoms with van der Waals surface area (Å²) in [4.78, 5) is 12.0. The molecule has 4 aliphatic carbocycles. The minimum absolute atomic E-state index is 0.227. The van der Waals surface area contributed by atoms with E-state index in [0.29, 0.717) is 29.0 Å². The van der Waals surface area contributed by atoms with Crippen LogP contribution in [0.3, 0.4) is 0 Å². The number of ketones is 1. The highest BCUT2D eigenvalue weighted by Crippen LogP contribution is 2.66. The van der Waals surface area contributed by atoms with Crippen LogP contribution in [0.25, 0.3) is 0 Å².